The van der Waals surface area contributed by atoms with Crippen molar-refractivity contribution in [2.75, 3.05) is 13.2 Å². The molecule has 0 aliphatic rings. The van der Waals surface area contributed by atoms with Gasteiger partial charge in [-0.15, -0.1) is 0 Å². The van der Waals surface area contributed by atoms with Gasteiger partial charge in [0.05, 0.1) is 0 Å². The van der Waals surface area contributed by atoms with Crippen molar-refractivity contribution < 1.29 is 8.85 Å². The van der Waals surface area contributed by atoms with E-state index in [1.807, 2.05) is 6.08 Å². The van der Waals surface area contributed by atoms with Gasteiger partial charge in [0.15, 0.2) is 0 Å². The molecular formula is C18H30O2Si. The average Bonchev–Trinajstić information content (AvgIpc) is 2.48. The molecule has 21 heavy (non-hydrogen) atoms. The molecule has 1 rings (SSSR count). The van der Waals surface area contributed by atoms with Crippen LogP contribution < -0.4 is 0 Å². The topological polar surface area (TPSA) is 18.5 Å². The van der Waals surface area contributed by atoms with Crippen LogP contribution in [0.25, 0.3) is 6.08 Å². The molecule has 118 valence electrons. The summed E-state index contributed by atoms with van der Waals surface area (Å²) in [4.78, 5) is 0. The molecule has 0 aliphatic heterocycles. The Morgan fingerprint density at radius 2 is 1.71 bits per heavy atom. The molecule has 3 heteroatoms. The molecule has 0 aliphatic carbocycles. The van der Waals surface area contributed by atoms with Gasteiger partial charge in [-0.2, -0.15) is 0 Å². The third-order valence-corrected chi connectivity index (χ3v) is 7.75. The van der Waals surface area contributed by atoms with Gasteiger partial charge < -0.3 is 8.85 Å². The second-order valence-electron chi connectivity index (χ2n) is 5.35. The van der Waals surface area contributed by atoms with E-state index in [9.17, 15) is 0 Å². The molecule has 2 nitrogen and oxygen atoms in total. The molecule has 0 heterocycles. The molecule has 0 aromatic heterocycles. The van der Waals surface area contributed by atoms with E-state index in [-0.39, 0.29) is 0 Å². The van der Waals surface area contributed by atoms with Crippen molar-refractivity contribution in [1.82, 2.24) is 0 Å². The van der Waals surface area contributed by atoms with Gasteiger partial charge >= 0.3 is 8.56 Å². The summed E-state index contributed by atoms with van der Waals surface area (Å²) in [6, 6.07) is 10.6. The Morgan fingerprint density at radius 1 is 1.05 bits per heavy atom. The van der Waals surface area contributed by atoms with Crippen molar-refractivity contribution in [2.24, 2.45) is 0 Å². The van der Waals surface area contributed by atoms with E-state index in [4.69, 9.17) is 8.85 Å². The molecule has 0 saturated heterocycles. The van der Waals surface area contributed by atoms with Gasteiger partial charge in [0.2, 0.25) is 0 Å². The van der Waals surface area contributed by atoms with Crippen molar-refractivity contribution in [3.8, 4) is 0 Å². The summed E-state index contributed by atoms with van der Waals surface area (Å²) < 4.78 is 12.4. The lowest BCUT2D eigenvalue weighted by Gasteiger charge is -2.30. The second-order valence-corrected chi connectivity index (χ2v) is 8.74. The zero-order chi connectivity index (χ0) is 15.6. The van der Waals surface area contributed by atoms with Crippen LogP contribution in [0.4, 0.5) is 0 Å². The lowest BCUT2D eigenvalue weighted by molar-refractivity contribution is 0.175. The number of benzene rings is 1. The highest BCUT2D eigenvalue weighted by Gasteiger charge is 2.35. The second kappa shape index (κ2) is 9.93. The summed E-state index contributed by atoms with van der Waals surface area (Å²) in [5.41, 5.74) is 2.51. The fraction of sp³-hybridized carbons (Fsp3) is 0.556. The van der Waals surface area contributed by atoms with E-state index in [1.165, 1.54) is 11.1 Å². The van der Waals surface area contributed by atoms with Gasteiger partial charge in [0, 0.05) is 13.2 Å². The third kappa shape index (κ3) is 5.77. The minimum Gasteiger partial charge on any atom is -0.394 e. The molecule has 0 radical (unpaired) electrons. The fourth-order valence-electron chi connectivity index (χ4n) is 2.79. The Balaban J connectivity index is 2.65. The molecule has 0 amide bonds. The smallest absolute Gasteiger partial charge is 0.338 e. The fourth-order valence-corrected chi connectivity index (χ4v) is 6.22. The van der Waals surface area contributed by atoms with Gasteiger partial charge in [-0.05, 0) is 36.6 Å². The number of hydrogen-bond acceptors (Lipinski definition) is 2. The zero-order valence-corrected chi connectivity index (χ0v) is 14.9. The SMILES string of the molecule is C=Cc1ccccc1CCO[Si](CCC)(CCC)OCC. The maximum Gasteiger partial charge on any atom is 0.338 e. The van der Waals surface area contributed by atoms with E-state index >= 15 is 0 Å². The maximum absolute atomic E-state index is 6.34. The summed E-state index contributed by atoms with van der Waals surface area (Å²) in [6.45, 7) is 11.9. The van der Waals surface area contributed by atoms with Crippen LogP contribution in [0.3, 0.4) is 0 Å². The summed E-state index contributed by atoms with van der Waals surface area (Å²) >= 11 is 0. The Kier molecular flexibility index (Phi) is 8.58. The first-order valence-electron chi connectivity index (χ1n) is 8.19. The van der Waals surface area contributed by atoms with Crippen LogP contribution in [-0.2, 0) is 15.3 Å². The van der Waals surface area contributed by atoms with E-state index < -0.39 is 8.56 Å². The first-order chi connectivity index (χ1) is 10.2. The van der Waals surface area contributed by atoms with Crippen LogP contribution in [0.15, 0.2) is 30.8 Å². The highest BCUT2D eigenvalue weighted by molar-refractivity contribution is 6.67. The van der Waals surface area contributed by atoms with Crippen LogP contribution in [0, 0.1) is 0 Å². The molecular weight excluding hydrogens is 276 g/mol. The predicted molar refractivity (Wildman–Crippen MR) is 93.8 cm³/mol. The molecule has 1 aromatic rings. The third-order valence-electron chi connectivity index (χ3n) is 3.68. The van der Waals surface area contributed by atoms with Crippen molar-refractivity contribution >= 4 is 14.6 Å². The van der Waals surface area contributed by atoms with E-state index in [0.29, 0.717) is 0 Å². The summed E-state index contributed by atoms with van der Waals surface area (Å²) in [7, 11) is -2.00. The maximum atomic E-state index is 6.34. The highest BCUT2D eigenvalue weighted by Crippen LogP contribution is 2.23. The normalized spacial score (nSPS) is 11.6. The summed E-state index contributed by atoms with van der Waals surface area (Å²) in [6.07, 6.45) is 5.11. The molecule has 0 N–H and O–H groups in total. The first-order valence-corrected chi connectivity index (χ1v) is 10.4. The lowest BCUT2D eigenvalue weighted by atomic mass is 10.1. The van der Waals surface area contributed by atoms with Crippen molar-refractivity contribution in [3.05, 3.63) is 42.0 Å². The van der Waals surface area contributed by atoms with Gasteiger partial charge in [0.1, 0.15) is 0 Å². The van der Waals surface area contributed by atoms with Crippen LogP contribution in [0.2, 0.25) is 12.1 Å². The Hall–Kier alpha value is -0.903. The van der Waals surface area contributed by atoms with Gasteiger partial charge in [-0.25, -0.2) is 0 Å². The van der Waals surface area contributed by atoms with Crippen LogP contribution in [0.1, 0.15) is 44.7 Å². The number of hydrogen-bond donors (Lipinski definition) is 0. The minimum atomic E-state index is -2.00. The summed E-state index contributed by atoms with van der Waals surface area (Å²) in [5.74, 6) is 0. The molecule has 0 saturated carbocycles. The molecule has 1 aromatic carbocycles. The predicted octanol–water partition coefficient (Wildman–Crippen LogP) is 5.19. The molecule has 0 bridgehead atoms. The largest absolute Gasteiger partial charge is 0.394 e. The molecule has 0 unspecified atom stereocenters. The highest BCUT2D eigenvalue weighted by atomic mass is 28.4. The Morgan fingerprint density at radius 3 is 2.29 bits per heavy atom. The van der Waals surface area contributed by atoms with Crippen LogP contribution in [0.5, 0.6) is 0 Å². The lowest BCUT2D eigenvalue weighted by Crippen LogP contribution is -2.42. The molecule has 0 fully saturated rings. The van der Waals surface area contributed by atoms with E-state index in [2.05, 4.69) is 51.6 Å². The standard InChI is InChI=1S/C18H30O2Si/c1-5-15-21(16-6-2,19-8-4)20-14-13-18-12-10-9-11-17(18)7-3/h7,9-12H,3,5-6,8,13-16H2,1-2,4H3. The van der Waals surface area contributed by atoms with Crippen molar-refractivity contribution in [1.29, 1.82) is 0 Å². The average molecular weight is 307 g/mol. The Labute approximate surface area is 131 Å². The van der Waals surface area contributed by atoms with Crippen LogP contribution >= 0.6 is 0 Å². The minimum absolute atomic E-state index is 0.747. The van der Waals surface area contributed by atoms with E-state index in [0.717, 1.165) is 44.6 Å². The van der Waals surface area contributed by atoms with Crippen molar-refractivity contribution in [2.45, 2.75) is 52.1 Å². The van der Waals surface area contributed by atoms with Gasteiger partial charge in [-0.1, -0.05) is 63.6 Å². The van der Waals surface area contributed by atoms with Crippen molar-refractivity contribution in [3.63, 3.8) is 0 Å². The molecule has 0 atom stereocenters. The molecule has 0 spiro atoms. The van der Waals surface area contributed by atoms with Crippen LogP contribution in [-0.4, -0.2) is 21.8 Å². The number of rotatable bonds is 11. The summed E-state index contributed by atoms with van der Waals surface area (Å²) in [5, 5.41) is 0. The van der Waals surface area contributed by atoms with Gasteiger partial charge in [-0.3, -0.25) is 0 Å². The first kappa shape index (κ1) is 18.1. The van der Waals surface area contributed by atoms with E-state index in [1.54, 1.807) is 0 Å². The van der Waals surface area contributed by atoms with Gasteiger partial charge in [0.25, 0.3) is 0 Å². The Bertz CT molecular complexity index is 400. The zero-order valence-electron chi connectivity index (χ0n) is 13.9. The monoisotopic (exact) mass is 306 g/mol. The quantitative estimate of drug-likeness (QED) is 0.524.